The molecular weight excluding hydrogens is 319 g/mol. The average molecular weight is 332 g/mol. The molecule has 0 aromatic heterocycles. The largest absolute Gasteiger partial charge is 0.379 e. The van der Waals surface area contributed by atoms with Crippen LogP contribution in [0.2, 0.25) is 0 Å². The van der Waals surface area contributed by atoms with Crippen molar-refractivity contribution in [3.8, 4) is 0 Å². The van der Waals surface area contributed by atoms with Crippen molar-refractivity contribution in [2.45, 2.75) is 6.04 Å². The number of carbonyl (C=O) groups is 1. The highest BCUT2D eigenvalue weighted by atomic mass is 127. The fraction of sp³-hybridized carbons (Fsp3) is 0.364. The number of benzene rings is 1. The summed E-state index contributed by atoms with van der Waals surface area (Å²) >= 11 is 2.18. The zero-order valence-electron chi connectivity index (χ0n) is 8.65. The van der Waals surface area contributed by atoms with Gasteiger partial charge in [0.05, 0.1) is 24.8 Å². The Labute approximate surface area is 108 Å². The second-order valence-corrected chi connectivity index (χ2v) is 4.94. The highest BCUT2D eigenvalue weighted by Crippen LogP contribution is 2.19. The maximum absolute atomic E-state index is 11.9. The number of rotatable bonds is 2. The highest BCUT2D eigenvalue weighted by molar-refractivity contribution is 14.1. The third kappa shape index (κ3) is 2.53. The van der Waals surface area contributed by atoms with Crippen LogP contribution in [0.5, 0.6) is 0 Å². The molecule has 1 aliphatic heterocycles. The summed E-state index contributed by atoms with van der Waals surface area (Å²) in [5.41, 5.74) is 6.61. The quantitative estimate of drug-likeness (QED) is 0.800. The zero-order chi connectivity index (χ0) is 11.5. The Morgan fingerprint density at radius 3 is 2.81 bits per heavy atom. The van der Waals surface area contributed by atoms with Crippen LogP contribution in [-0.4, -0.2) is 25.2 Å². The molecule has 0 bridgehead atoms. The minimum absolute atomic E-state index is 0.0610. The summed E-state index contributed by atoms with van der Waals surface area (Å²) in [6, 6.07) is 7.45. The number of anilines is 1. The first kappa shape index (κ1) is 11.8. The Balaban J connectivity index is 2.05. The van der Waals surface area contributed by atoms with Gasteiger partial charge in [0.2, 0.25) is 5.91 Å². The Morgan fingerprint density at radius 1 is 1.44 bits per heavy atom. The van der Waals surface area contributed by atoms with Crippen molar-refractivity contribution in [1.82, 2.24) is 0 Å². The van der Waals surface area contributed by atoms with Crippen LogP contribution in [0.3, 0.4) is 0 Å². The number of hydrogen-bond donors (Lipinski definition) is 2. The summed E-state index contributed by atoms with van der Waals surface area (Å²) in [6.07, 6.45) is 0. The van der Waals surface area contributed by atoms with Crippen molar-refractivity contribution in [3.05, 3.63) is 27.8 Å². The molecule has 0 radical (unpaired) electrons. The fourth-order valence-electron chi connectivity index (χ4n) is 1.63. The van der Waals surface area contributed by atoms with Crippen LogP contribution in [0.1, 0.15) is 0 Å². The van der Waals surface area contributed by atoms with E-state index in [0.29, 0.717) is 13.2 Å². The molecule has 0 spiro atoms. The van der Waals surface area contributed by atoms with Gasteiger partial charge in [0.15, 0.2) is 0 Å². The lowest BCUT2D eigenvalue weighted by Gasteiger charge is -2.14. The van der Waals surface area contributed by atoms with Crippen LogP contribution < -0.4 is 11.1 Å². The van der Waals surface area contributed by atoms with E-state index >= 15 is 0 Å². The molecular formula is C11H13IN2O2. The van der Waals surface area contributed by atoms with E-state index in [-0.39, 0.29) is 17.9 Å². The van der Waals surface area contributed by atoms with Crippen molar-refractivity contribution in [2.75, 3.05) is 18.5 Å². The lowest BCUT2D eigenvalue weighted by molar-refractivity contribution is -0.120. The van der Waals surface area contributed by atoms with Crippen molar-refractivity contribution in [3.63, 3.8) is 0 Å². The van der Waals surface area contributed by atoms with E-state index in [4.69, 9.17) is 10.5 Å². The van der Waals surface area contributed by atoms with Gasteiger partial charge in [-0.15, -0.1) is 0 Å². The third-order valence-corrected chi connectivity index (χ3v) is 3.53. The summed E-state index contributed by atoms with van der Waals surface area (Å²) in [5, 5.41) is 2.88. The lowest BCUT2D eigenvalue weighted by atomic mass is 10.0. The van der Waals surface area contributed by atoms with Gasteiger partial charge >= 0.3 is 0 Å². The number of amides is 1. The number of para-hydroxylation sites is 1. The molecule has 1 heterocycles. The molecule has 1 aromatic rings. The van der Waals surface area contributed by atoms with Gasteiger partial charge in [-0.1, -0.05) is 12.1 Å². The van der Waals surface area contributed by atoms with Gasteiger partial charge in [-0.05, 0) is 34.7 Å². The van der Waals surface area contributed by atoms with E-state index < -0.39 is 0 Å². The molecule has 16 heavy (non-hydrogen) atoms. The normalized spacial score (nSPS) is 24.4. The summed E-state index contributed by atoms with van der Waals surface area (Å²) < 4.78 is 6.19. The number of nitrogens with one attached hydrogen (secondary N) is 1. The first-order chi connectivity index (χ1) is 7.68. The molecule has 1 aliphatic rings. The van der Waals surface area contributed by atoms with Gasteiger partial charge in [-0.25, -0.2) is 0 Å². The molecule has 1 fully saturated rings. The Bertz CT molecular complexity index is 397. The van der Waals surface area contributed by atoms with E-state index in [9.17, 15) is 4.79 Å². The Hall–Kier alpha value is -0.660. The molecule has 86 valence electrons. The van der Waals surface area contributed by atoms with Gasteiger partial charge < -0.3 is 15.8 Å². The molecule has 1 aromatic carbocycles. The molecule has 2 atom stereocenters. The topological polar surface area (TPSA) is 64.3 Å². The van der Waals surface area contributed by atoms with E-state index in [1.807, 2.05) is 24.3 Å². The fourth-order valence-corrected chi connectivity index (χ4v) is 2.15. The van der Waals surface area contributed by atoms with Crippen LogP contribution in [0, 0.1) is 9.49 Å². The average Bonchev–Trinajstić information content (AvgIpc) is 2.68. The van der Waals surface area contributed by atoms with E-state index in [2.05, 4.69) is 27.9 Å². The number of ether oxygens (including phenoxy) is 1. The molecule has 2 unspecified atom stereocenters. The Kier molecular flexibility index (Phi) is 3.78. The Morgan fingerprint density at radius 2 is 2.19 bits per heavy atom. The van der Waals surface area contributed by atoms with Gasteiger partial charge in [-0.3, -0.25) is 4.79 Å². The van der Waals surface area contributed by atoms with Gasteiger partial charge in [0, 0.05) is 9.61 Å². The zero-order valence-corrected chi connectivity index (χ0v) is 10.8. The van der Waals surface area contributed by atoms with Crippen molar-refractivity contribution < 1.29 is 9.53 Å². The standard InChI is InChI=1S/C11H13IN2O2/c12-8-3-1-2-4-10(8)14-11(15)7-5-16-6-9(7)13/h1-4,7,9H,5-6,13H2,(H,14,15). The predicted octanol–water partition coefficient (Wildman–Crippen LogP) is 1.20. The summed E-state index contributed by atoms with van der Waals surface area (Å²) in [5.74, 6) is -0.301. The number of nitrogens with two attached hydrogens (primary N) is 1. The van der Waals surface area contributed by atoms with Crippen molar-refractivity contribution in [2.24, 2.45) is 11.7 Å². The first-order valence-corrected chi connectivity index (χ1v) is 6.15. The van der Waals surface area contributed by atoms with Crippen molar-refractivity contribution >= 4 is 34.2 Å². The second-order valence-electron chi connectivity index (χ2n) is 3.78. The smallest absolute Gasteiger partial charge is 0.231 e. The maximum Gasteiger partial charge on any atom is 0.231 e. The maximum atomic E-state index is 11.9. The minimum atomic E-state index is -0.240. The van der Waals surface area contributed by atoms with Gasteiger partial charge in [0.1, 0.15) is 0 Å². The molecule has 0 saturated carbocycles. The SMILES string of the molecule is NC1COCC1C(=O)Nc1ccccc1I. The number of halogens is 1. The van der Waals surface area contributed by atoms with Crippen LogP contribution in [0.25, 0.3) is 0 Å². The highest BCUT2D eigenvalue weighted by Gasteiger charge is 2.31. The second kappa shape index (κ2) is 5.11. The van der Waals surface area contributed by atoms with Gasteiger partial charge in [0.25, 0.3) is 0 Å². The predicted molar refractivity (Wildman–Crippen MR) is 70.1 cm³/mol. The molecule has 1 saturated heterocycles. The van der Waals surface area contributed by atoms with E-state index in [1.54, 1.807) is 0 Å². The molecule has 0 aliphatic carbocycles. The summed E-state index contributed by atoms with van der Waals surface area (Å²) in [7, 11) is 0. The monoisotopic (exact) mass is 332 g/mol. The molecule has 1 amide bonds. The van der Waals surface area contributed by atoms with E-state index in [0.717, 1.165) is 9.26 Å². The third-order valence-electron chi connectivity index (χ3n) is 2.59. The molecule has 3 N–H and O–H groups in total. The first-order valence-electron chi connectivity index (χ1n) is 5.07. The summed E-state index contributed by atoms with van der Waals surface area (Å²) in [4.78, 5) is 11.9. The van der Waals surface area contributed by atoms with Gasteiger partial charge in [-0.2, -0.15) is 0 Å². The number of hydrogen-bond acceptors (Lipinski definition) is 3. The van der Waals surface area contributed by atoms with Crippen LogP contribution in [0.4, 0.5) is 5.69 Å². The molecule has 2 rings (SSSR count). The molecule has 4 nitrogen and oxygen atoms in total. The number of carbonyl (C=O) groups excluding carboxylic acids is 1. The van der Waals surface area contributed by atoms with Crippen LogP contribution >= 0.6 is 22.6 Å². The van der Waals surface area contributed by atoms with Crippen LogP contribution in [-0.2, 0) is 9.53 Å². The lowest BCUT2D eigenvalue weighted by Crippen LogP contribution is -2.37. The summed E-state index contributed by atoms with van der Waals surface area (Å²) in [6.45, 7) is 0.875. The minimum Gasteiger partial charge on any atom is -0.379 e. The molecule has 5 heteroatoms. The van der Waals surface area contributed by atoms with E-state index in [1.165, 1.54) is 0 Å². The van der Waals surface area contributed by atoms with Crippen LogP contribution in [0.15, 0.2) is 24.3 Å². The van der Waals surface area contributed by atoms with Crippen molar-refractivity contribution in [1.29, 1.82) is 0 Å².